The maximum absolute atomic E-state index is 12.6. The molecule has 0 heterocycles. The number of benzene rings is 1. The molecular formula is C14H17F3N2. The topological polar surface area (TPSA) is 27.0 Å². The van der Waals surface area contributed by atoms with Crippen molar-refractivity contribution in [2.24, 2.45) is 5.41 Å². The average Bonchev–Trinajstić information content (AvgIpc) is 2.24. The Morgan fingerprint density at radius 3 is 2.21 bits per heavy atom. The van der Waals surface area contributed by atoms with Gasteiger partial charge in [-0.25, -0.2) is 0 Å². The second kappa shape index (κ2) is 5.12. The molecule has 0 unspecified atom stereocenters. The number of nitrogens with zero attached hydrogens (tertiary/aromatic N) is 2. The summed E-state index contributed by atoms with van der Waals surface area (Å²) in [6.07, 6.45) is -4.42. The first-order valence-corrected chi connectivity index (χ1v) is 5.87. The van der Waals surface area contributed by atoms with Crippen LogP contribution >= 0.6 is 0 Å². The fourth-order valence-corrected chi connectivity index (χ4v) is 1.93. The van der Waals surface area contributed by atoms with Crippen LogP contribution in [0, 0.1) is 16.7 Å². The normalized spacial score (nSPS) is 12.1. The number of anilines is 1. The number of halogens is 3. The number of hydrogen-bond donors (Lipinski definition) is 0. The van der Waals surface area contributed by atoms with Gasteiger partial charge < -0.3 is 4.90 Å². The van der Waals surface area contributed by atoms with Crippen molar-refractivity contribution in [1.82, 2.24) is 0 Å². The zero-order valence-electron chi connectivity index (χ0n) is 11.5. The molecule has 19 heavy (non-hydrogen) atoms. The Bertz CT molecular complexity index is 493. The minimum atomic E-state index is -4.42. The lowest BCUT2D eigenvalue weighted by molar-refractivity contribution is -0.137. The van der Waals surface area contributed by atoms with Gasteiger partial charge in [0.15, 0.2) is 0 Å². The molecule has 0 bridgehead atoms. The predicted octanol–water partition coefficient (Wildman–Crippen LogP) is 4.06. The highest BCUT2D eigenvalue weighted by Crippen LogP contribution is 2.33. The minimum Gasteiger partial charge on any atom is -0.373 e. The number of alkyl halides is 3. The van der Waals surface area contributed by atoms with E-state index in [2.05, 4.69) is 0 Å². The van der Waals surface area contributed by atoms with Crippen LogP contribution < -0.4 is 4.90 Å². The fraction of sp³-hybridized carbons (Fsp3) is 0.500. The van der Waals surface area contributed by atoms with Crippen LogP contribution in [0.25, 0.3) is 0 Å². The molecule has 1 aromatic carbocycles. The molecule has 0 saturated heterocycles. The van der Waals surface area contributed by atoms with E-state index < -0.39 is 11.7 Å². The molecule has 0 atom stereocenters. The molecule has 0 aliphatic rings. The summed E-state index contributed by atoms with van der Waals surface area (Å²) in [5.41, 5.74) is -0.242. The first kappa shape index (κ1) is 15.4. The Kier molecular flexibility index (Phi) is 4.14. The summed E-state index contributed by atoms with van der Waals surface area (Å²) in [6, 6.07) is 5.09. The van der Waals surface area contributed by atoms with E-state index in [0.29, 0.717) is 12.2 Å². The molecule has 5 heteroatoms. The Balaban J connectivity index is 3.14. The standard InChI is InChI=1S/C14H17F3N2/c1-13(2,3)9-19(4)12-6-5-11(14(15,16)17)7-10(12)8-18/h5-7H,9H2,1-4H3. The van der Waals surface area contributed by atoms with Crippen LogP contribution in [0.3, 0.4) is 0 Å². The number of nitriles is 1. The van der Waals surface area contributed by atoms with E-state index in [0.717, 1.165) is 12.1 Å². The van der Waals surface area contributed by atoms with Crippen LogP contribution in [0.4, 0.5) is 18.9 Å². The highest BCUT2D eigenvalue weighted by Gasteiger charge is 2.31. The number of rotatable bonds is 2. The van der Waals surface area contributed by atoms with Crippen molar-refractivity contribution in [1.29, 1.82) is 5.26 Å². The third-order valence-electron chi connectivity index (χ3n) is 2.57. The molecule has 1 aromatic rings. The second-order valence-corrected chi connectivity index (χ2v) is 5.76. The van der Waals surface area contributed by atoms with Crippen molar-refractivity contribution < 1.29 is 13.2 Å². The van der Waals surface area contributed by atoms with Crippen LogP contribution in [-0.4, -0.2) is 13.6 Å². The molecule has 1 rings (SSSR count). The summed E-state index contributed by atoms with van der Waals surface area (Å²) in [4.78, 5) is 1.80. The lowest BCUT2D eigenvalue weighted by atomic mass is 9.95. The van der Waals surface area contributed by atoms with Crippen molar-refractivity contribution in [3.63, 3.8) is 0 Å². The predicted molar refractivity (Wildman–Crippen MR) is 68.9 cm³/mol. The Hall–Kier alpha value is -1.70. The molecule has 0 N–H and O–H groups in total. The second-order valence-electron chi connectivity index (χ2n) is 5.76. The van der Waals surface area contributed by atoms with Gasteiger partial charge in [-0.2, -0.15) is 18.4 Å². The Morgan fingerprint density at radius 2 is 1.79 bits per heavy atom. The van der Waals surface area contributed by atoms with Crippen LogP contribution in [0.2, 0.25) is 0 Å². The minimum absolute atomic E-state index is 0.00975. The van der Waals surface area contributed by atoms with Crippen molar-refractivity contribution in [2.75, 3.05) is 18.5 Å². The lowest BCUT2D eigenvalue weighted by Crippen LogP contribution is -2.29. The summed E-state index contributed by atoms with van der Waals surface area (Å²) < 4.78 is 37.8. The molecule has 2 nitrogen and oxygen atoms in total. The summed E-state index contributed by atoms with van der Waals surface area (Å²) in [6.45, 7) is 6.73. The Morgan fingerprint density at radius 1 is 1.21 bits per heavy atom. The van der Waals surface area contributed by atoms with Gasteiger partial charge >= 0.3 is 6.18 Å². The van der Waals surface area contributed by atoms with E-state index in [4.69, 9.17) is 5.26 Å². The lowest BCUT2D eigenvalue weighted by Gasteiger charge is -2.29. The van der Waals surface area contributed by atoms with E-state index in [1.54, 1.807) is 11.9 Å². The SMILES string of the molecule is CN(CC(C)(C)C)c1ccc(C(F)(F)F)cc1C#N. The van der Waals surface area contributed by atoms with Crippen LogP contribution in [0.5, 0.6) is 0 Å². The monoisotopic (exact) mass is 270 g/mol. The van der Waals surface area contributed by atoms with Crippen molar-refractivity contribution >= 4 is 5.69 Å². The molecule has 0 amide bonds. The fourth-order valence-electron chi connectivity index (χ4n) is 1.93. The van der Waals surface area contributed by atoms with Crippen LogP contribution in [0.1, 0.15) is 31.9 Å². The Labute approximate surface area is 111 Å². The molecule has 104 valence electrons. The van der Waals surface area contributed by atoms with Gasteiger partial charge in [-0.05, 0) is 23.6 Å². The van der Waals surface area contributed by atoms with Gasteiger partial charge in [-0.15, -0.1) is 0 Å². The van der Waals surface area contributed by atoms with Crippen molar-refractivity contribution in [3.8, 4) is 6.07 Å². The van der Waals surface area contributed by atoms with Gasteiger partial charge in [0.2, 0.25) is 0 Å². The van der Waals surface area contributed by atoms with E-state index in [1.165, 1.54) is 6.07 Å². The highest BCUT2D eigenvalue weighted by molar-refractivity contribution is 5.60. The first-order valence-electron chi connectivity index (χ1n) is 5.87. The summed E-state index contributed by atoms with van der Waals surface area (Å²) >= 11 is 0. The zero-order valence-corrected chi connectivity index (χ0v) is 11.5. The maximum Gasteiger partial charge on any atom is 0.416 e. The third-order valence-corrected chi connectivity index (χ3v) is 2.57. The molecule has 0 fully saturated rings. The quantitative estimate of drug-likeness (QED) is 0.810. The highest BCUT2D eigenvalue weighted by atomic mass is 19.4. The summed E-state index contributed by atoms with van der Waals surface area (Å²) in [7, 11) is 1.77. The molecule has 0 aliphatic carbocycles. The largest absolute Gasteiger partial charge is 0.416 e. The molecule has 0 spiro atoms. The van der Waals surface area contributed by atoms with Crippen LogP contribution in [0.15, 0.2) is 18.2 Å². The van der Waals surface area contributed by atoms with Gasteiger partial charge in [0.1, 0.15) is 6.07 Å². The molecule has 0 aromatic heterocycles. The van der Waals surface area contributed by atoms with Gasteiger partial charge in [-0.3, -0.25) is 0 Å². The summed E-state index contributed by atoms with van der Waals surface area (Å²) in [5.74, 6) is 0. The third kappa shape index (κ3) is 4.16. The molecule has 0 saturated carbocycles. The molecule has 0 radical (unpaired) electrons. The molecular weight excluding hydrogens is 253 g/mol. The average molecular weight is 270 g/mol. The van der Waals surface area contributed by atoms with Crippen molar-refractivity contribution in [2.45, 2.75) is 26.9 Å². The maximum atomic E-state index is 12.6. The summed E-state index contributed by atoms with van der Waals surface area (Å²) in [5, 5.41) is 9.01. The van der Waals surface area contributed by atoms with E-state index in [-0.39, 0.29) is 11.0 Å². The van der Waals surface area contributed by atoms with Crippen LogP contribution in [-0.2, 0) is 6.18 Å². The van der Waals surface area contributed by atoms with E-state index in [1.807, 2.05) is 26.8 Å². The number of hydrogen-bond acceptors (Lipinski definition) is 2. The van der Waals surface area contributed by atoms with E-state index >= 15 is 0 Å². The van der Waals surface area contributed by atoms with Gasteiger partial charge in [0.25, 0.3) is 0 Å². The van der Waals surface area contributed by atoms with Gasteiger partial charge in [0.05, 0.1) is 16.8 Å². The van der Waals surface area contributed by atoms with E-state index in [9.17, 15) is 13.2 Å². The van der Waals surface area contributed by atoms with Crippen molar-refractivity contribution in [3.05, 3.63) is 29.3 Å². The smallest absolute Gasteiger partial charge is 0.373 e. The van der Waals surface area contributed by atoms with Gasteiger partial charge in [0, 0.05) is 13.6 Å². The first-order chi connectivity index (χ1) is 8.54. The van der Waals surface area contributed by atoms with Gasteiger partial charge in [-0.1, -0.05) is 20.8 Å². The zero-order chi connectivity index (χ0) is 14.8. The molecule has 0 aliphatic heterocycles.